The van der Waals surface area contributed by atoms with Gasteiger partial charge in [-0.05, 0) is 39.0 Å². The molecular formula is C18H19N3O6. The van der Waals surface area contributed by atoms with Crippen molar-refractivity contribution in [1.82, 2.24) is 14.8 Å². The van der Waals surface area contributed by atoms with E-state index in [0.717, 1.165) is 5.69 Å². The molecule has 0 bridgehead atoms. The van der Waals surface area contributed by atoms with Crippen LogP contribution >= 0.6 is 0 Å². The number of aromatic nitrogens is 3. The molecule has 0 aliphatic carbocycles. The SMILES string of the molecule is CCOC(=O)c1cc(C)n(CC(=O)OCc2nnc(-c3ccco3)o2)c1C. The second kappa shape index (κ2) is 7.90. The number of esters is 2. The van der Waals surface area contributed by atoms with Crippen molar-refractivity contribution in [2.45, 2.75) is 33.9 Å². The molecule has 0 radical (unpaired) electrons. The molecule has 0 aliphatic heterocycles. The van der Waals surface area contributed by atoms with Gasteiger partial charge < -0.3 is 22.9 Å². The standard InChI is InChI=1S/C18H19N3O6/c1-4-24-18(23)13-8-11(2)21(12(13)3)9-16(22)26-10-15-19-20-17(27-15)14-6-5-7-25-14/h5-8H,4,9-10H2,1-3H3. The Morgan fingerprint density at radius 3 is 2.74 bits per heavy atom. The smallest absolute Gasteiger partial charge is 0.339 e. The first-order valence-corrected chi connectivity index (χ1v) is 8.35. The molecule has 0 unspecified atom stereocenters. The van der Waals surface area contributed by atoms with Gasteiger partial charge in [-0.1, -0.05) is 0 Å². The van der Waals surface area contributed by atoms with E-state index in [1.165, 1.54) is 6.26 Å². The topological polar surface area (TPSA) is 110 Å². The largest absolute Gasteiger partial charge is 0.462 e. The first kappa shape index (κ1) is 18.4. The molecule has 0 N–H and O–H groups in total. The maximum atomic E-state index is 12.2. The fraction of sp³-hybridized carbons (Fsp3) is 0.333. The summed E-state index contributed by atoms with van der Waals surface area (Å²) in [5.74, 6) is -0.109. The summed E-state index contributed by atoms with van der Waals surface area (Å²) in [6.07, 6.45) is 1.49. The lowest BCUT2D eigenvalue weighted by molar-refractivity contribution is -0.146. The van der Waals surface area contributed by atoms with Crippen LogP contribution in [-0.4, -0.2) is 33.3 Å². The second-order valence-electron chi connectivity index (χ2n) is 5.73. The number of nitrogens with zero attached hydrogens (tertiary/aromatic N) is 3. The number of carbonyl (C=O) groups excluding carboxylic acids is 2. The van der Waals surface area contributed by atoms with E-state index < -0.39 is 11.9 Å². The van der Waals surface area contributed by atoms with Gasteiger partial charge in [0, 0.05) is 11.4 Å². The van der Waals surface area contributed by atoms with Crippen molar-refractivity contribution in [2.75, 3.05) is 6.61 Å². The van der Waals surface area contributed by atoms with Crippen molar-refractivity contribution < 1.29 is 27.9 Å². The predicted octanol–water partition coefficient (Wildman–Crippen LogP) is 2.67. The molecule has 0 atom stereocenters. The van der Waals surface area contributed by atoms with E-state index in [9.17, 15) is 9.59 Å². The summed E-state index contributed by atoms with van der Waals surface area (Å²) < 4.78 is 22.4. The number of furan rings is 1. The minimum absolute atomic E-state index is 0.0454. The molecule has 0 fully saturated rings. The summed E-state index contributed by atoms with van der Waals surface area (Å²) in [7, 11) is 0. The Balaban J connectivity index is 1.61. The Morgan fingerprint density at radius 1 is 1.22 bits per heavy atom. The molecule has 3 heterocycles. The van der Waals surface area contributed by atoms with Crippen molar-refractivity contribution in [2.24, 2.45) is 0 Å². The third-order valence-electron chi connectivity index (χ3n) is 3.91. The number of rotatable bonds is 7. The third-order valence-corrected chi connectivity index (χ3v) is 3.91. The van der Waals surface area contributed by atoms with Gasteiger partial charge >= 0.3 is 11.9 Å². The molecular weight excluding hydrogens is 354 g/mol. The lowest BCUT2D eigenvalue weighted by atomic mass is 10.2. The lowest BCUT2D eigenvalue weighted by Crippen LogP contribution is -2.16. The lowest BCUT2D eigenvalue weighted by Gasteiger charge is -2.09. The van der Waals surface area contributed by atoms with Crippen molar-refractivity contribution >= 4 is 11.9 Å². The van der Waals surface area contributed by atoms with Crippen molar-refractivity contribution in [3.63, 3.8) is 0 Å². The Kier molecular flexibility index (Phi) is 5.39. The number of aryl methyl sites for hydroxylation is 1. The maximum Gasteiger partial charge on any atom is 0.339 e. The van der Waals surface area contributed by atoms with Crippen molar-refractivity contribution in [1.29, 1.82) is 0 Å². The molecule has 27 heavy (non-hydrogen) atoms. The maximum absolute atomic E-state index is 12.2. The summed E-state index contributed by atoms with van der Waals surface area (Å²) in [4.78, 5) is 24.1. The van der Waals surface area contributed by atoms with Crippen LogP contribution in [0.2, 0.25) is 0 Å². The van der Waals surface area contributed by atoms with E-state index in [2.05, 4.69) is 10.2 Å². The zero-order valence-electron chi connectivity index (χ0n) is 15.2. The van der Waals surface area contributed by atoms with E-state index in [4.69, 9.17) is 18.3 Å². The zero-order chi connectivity index (χ0) is 19.4. The second-order valence-corrected chi connectivity index (χ2v) is 5.73. The van der Waals surface area contributed by atoms with Crippen LogP contribution in [0.3, 0.4) is 0 Å². The Hall–Kier alpha value is -3.36. The molecule has 0 amide bonds. The average molecular weight is 373 g/mol. The summed E-state index contributed by atoms with van der Waals surface area (Å²) in [6, 6.07) is 5.07. The van der Waals surface area contributed by atoms with E-state index in [1.54, 1.807) is 43.5 Å². The number of ether oxygens (including phenoxy) is 2. The van der Waals surface area contributed by atoms with Gasteiger partial charge in [-0.3, -0.25) is 4.79 Å². The normalized spacial score (nSPS) is 10.8. The van der Waals surface area contributed by atoms with Crippen molar-refractivity contribution in [3.8, 4) is 11.7 Å². The molecule has 3 aromatic rings. The summed E-state index contributed by atoms with van der Waals surface area (Å²) in [5.41, 5.74) is 1.83. The molecule has 0 saturated carbocycles. The molecule has 0 aromatic carbocycles. The van der Waals surface area contributed by atoms with Crippen LogP contribution in [0.25, 0.3) is 11.7 Å². The van der Waals surface area contributed by atoms with Gasteiger partial charge in [-0.25, -0.2) is 4.79 Å². The van der Waals surface area contributed by atoms with Crippen LogP contribution in [0.4, 0.5) is 0 Å². The predicted molar refractivity (Wildman–Crippen MR) is 91.7 cm³/mol. The molecule has 0 saturated heterocycles. The summed E-state index contributed by atoms with van der Waals surface area (Å²) >= 11 is 0. The fourth-order valence-electron chi connectivity index (χ4n) is 2.59. The van der Waals surface area contributed by atoms with E-state index in [-0.39, 0.29) is 31.5 Å². The first-order valence-electron chi connectivity index (χ1n) is 8.35. The molecule has 0 aliphatic rings. The van der Waals surface area contributed by atoms with Crippen LogP contribution in [0.15, 0.2) is 33.3 Å². The highest BCUT2D eigenvalue weighted by molar-refractivity contribution is 5.91. The molecule has 3 aromatic heterocycles. The fourth-order valence-corrected chi connectivity index (χ4v) is 2.59. The van der Waals surface area contributed by atoms with Gasteiger partial charge in [0.05, 0.1) is 18.4 Å². The van der Waals surface area contributed by atoms with Crippen LogP contribution in [-0.2, 0) is 27.4 Å². The minimum Gasteiger partial charge on any atom is -0.462 e. The van der Waals surface area contributed by atoms with E-state index >= 15 is 0 Å². The van der Waals surface area contributed by atoms with Gasteiger partial charge in [-0.15, -0.1) is 10.2 Å². The summed E-state index contributed by atoms with van der Waals surface area (Å²) in [6.45, 7) is 5.38. The number of hydrogen-bond acceptors (Lipinski definition) is 8. The highest BCUT2D eigenvalue weighted by Gasteiger charge is 2.19. The summed E-state index contributed by atoms with van der Waals surface area (Å²) in [5, 5.41) is 7.64. The quantitative estimate of drug-likeness (QED) is 0.581. The van der Waals surface area contributed by atoms with Gasteiger partial charge in [0.1, 0.15) is 6.54 Å². The number of hydrogen-bond donors (Lipinski definition) is 0. The molecule has 142 valence electrons. The van der Waals surface area contributed by atoms with Crippen LogP contribution < -0.4 is 0 Å². The van der Waals surface area contributed by atoms with E-state index in [0.29, 0.717) is 17.0 Å². The Morgan fingerprint density at radius 2 is 2.04 bits per heavy atom. The van der Waals surface area contributed by atoms with Crippen LogP contribution in [0.1, 0.15) is 34.6 Å². The molecule has 3 rings (SSSR count). The van der Waals surface area contributed by atoms with Crippen molar-refractivity contribution in [3.05, 3.63) is 47.3 Å². The monoisotopic (exact) mass is 373 g/mol. The van der Waals surface area contributed by atoms with Gasteiger partial charge in [-0.2, -0.15) is 0 Å². The molecule has 9 heteroatoms. The zero-order valence-corrected chi connectivity index (χ0v) is 15.2. The Labute approximate surface area is 154 Å². The average Bonchev–Trinajstić information content (AvgIpc) is 3.37. The van der Waals surface area contributed by atoms with Gasteiger partial charge in [0.2, 0.25) is 0 Å². The number of carbonyl (C=O) groups is 2. The van der Waals surface area contributed by atoms with Crippen LogP contribution in [0, 0.1) is 13.8 Å². The molecule has 9 nitrogen and oxygen atoms in total. The highest BCUT2D eigenvalue weighted by Crippen LogP contribution is 2.19. The van der Waals surface area contributed by atoms with Gasteiger partial charge in [0.25, 0.3) is 11.8 Å². The molecule has 0 spiro atoms. The highest BCUT2D eigenvalue weighted by atomic mass is 16.5. The first-order chi connectivity index (χ1) is 13.0. The third kappa shape index (κ3) is 4.08. The van der Waals surface area contributed by atoms with Crippen LogP contribution in [0.5, 0.6) is 0 Å². The van der Waals surface area contributed by atoms with Gasteiger partial charge in [0.15, 0.2) is 12.4 Å². The minimum atomic E-state index is -0.495. The Bertz CT molecular complexity index is 939. The van der Waals surface area contributed by atoms with E-state index in [1.807, 2.05) is 0 Å².